The van der Waals surface area contributed by atoms with Crippen molar-refractivity contribution < 1.29 is 27.2 Å². The first kappa shape index (κ1) is 20.3. The Balaban J connectivity index is 1.66. The fraction of sp³-hybridized carbons (Fsp3) is 0.400. The van der Waals surface area contributed by atoms with Gasteiger partial charge in [-0.15, -0.1) is 0 Å². The third kappa shape index (κ3) is 3.88. The third-order valence-corrected chi connectivity index (χ3v) is 6.89. The fourth-order valence-corrected chi connectivity index (χ4v) is 4.79. The summed E-state index contributed by atoms with van der Waals surface area (Å²) in [6.45, 7) is 5.78. The van der Waals surface area contributed by atoms with E-state index in [4.69, 9.17) is 9.15 Å². The van der Waals surface area contributed by atoms with Gasteiger partial charge in [-0.25, -0.2) is 13.2 Å². The van der Waals surface area contributed by atoms with Gasteiger partial charge in [-0.05, 0) is 57.9 Å². The van der Waals surface area contributed by atoms with Gasteiger partial charge in [0.25, 0.3) is 0 Å². The molecule has 1 aliphatic heterocycles. The molecule has 1 fully saturated rings. The molecule has 0 saturated carbocycles. The van der Waals surface area contributed by atoms with Crippen LogP contribution in [-0.4, -0.2) is 44.2 Å². The number of ketones is 1. The molecule has 0 N–H and O–H groups in total. The van der Waals surface area contributed by atoms with E-state index in [2.05, 4.69) is 0 Å². The summed E-state index contributed by atoms with van der Waals surface area (Å²) >= 11 is 0. The van der Waals surface area contributed by atoms with Crippen molar-refractivity contribution in [1.29, 1.82) is 0 Å². The van der Waals surface area contributed by atoms with E-state index >= 15 is 0 Å². The summed E-state index contributed by atoms with van der Waals surface area (Å²) in [7, 11) is -3.52. The number of Topliss-reactive ketones (excluding diaryl/α,β-unsaturated/α-hetero) is 1. The summed E-state index contributed by atoms with van der Waals surface area (Å²) in [6, 6.07) is 5.71. The minimum atomic E-state index is -3.52. The molecule has 0 radical (unpaired) electrons. The summed E-state index contributed by atoms with van der Waals surface area (Å²) in [6.07, 6.45) is 1.71. The highest BCUT2D eigenvalue weighted by atomic mass is 32.2. The van der Waals surface area contributed by atoms with Crippen molar-refractivity contribution in [3.05, 3.63) is 52.5 Å². The Bertz CT molecular complexity index is 998. The highest BCUT2D eigenvalue weighted by molar-refractivity contribution is 7.89. The molecular formula is C20H23NO6S. The van der Waals surface area contributed by atoms with Gasteiger partial charge in [0, 0.05) is 24.2 Å². The number of benzene rings is 1. The number of nitrogens with zero attached hydrogens (tertiary/aromatic N) is 1. The Kier molecular flexibility index (Phi) is 5.71. The normalized spacial score (nSPS) is 15.0. The lowest BCUT2D eigenvalue weighted by Gasteiger charge is -2.15. The minimum Gasteiger partial charge on any atom is -0.465 e. The van der Waals surface area contributed by atoms with E-state index in [-0.39, 0.29) is 10.5 Å². The van der Waals surface area contributed by atoms with Gasteiger partial charge in [-0.3, -0.25) is 4.79 Å². The lowest BCUT2D eigenvalue weighted by molar-refractivity contribution is 0.0472. The van der Waals surface area contributed by atoms with E-state index in [0.29, 0.717) is 35.7 Å². The second-order valence-electron chi connectivity index (χ2n) is 6.85. The minimum absolute atomic E-state index is 0.156. The van der Waals surface area contributed by atoms with Crippen LogP contribution in [0.15, 0.2) is 33.6 Å². The van der Waals surface area contributed by atoms with Gasteiger partial charge >= 0.3 is 5.97 Å². The third-order valence-electron chi connectivity index (χ3n) is 4.98. The Morgan fingerprint density at radius 3 is 2.18 bits per heavy atom. The number of hydrogen-bond donors (Lipinski definition) is 0. The first-order valence-corrected chi connectivity index (χ1v) is 10.5. The van der Waals surface area contributed by atoms with E-state index in [1.54, 1.807) is 20.8 Å². The lowest BCUT2D eigenvalue weighted by atomic mass is 10.1. The number of furan rings is 1. The Hall–Kier alpha value is -2.45. The summed E-state index contributed by atoms with van der Waals surface area (Å²) in [5, 5.41) is 0. The zero-order valence-electron chi connectivity index (χ0n) is 16.1. The van der Waals surface area contributed by atoms with E-state index in [1.165, 1.54) is 28.6 Å². The van der Waals surface area contributed by atoms with E-state index in [9.17, 15) is 18.0 Å². The van der Waals surface area contributed by atoms with Crippen LogP contribution in [0, 0.1) is 20.8 Å². The van der Waals surface area contributed by atoms with Crippen LogP contribution < -0.4 is 0 Å². The van der Waals surface area contributed by atoms with E-state index < -0.39 is 28.4 Å². The Morgan fingerprint density at radius 1 is 1.04 bits per heavy atom. The van der Waals surface area contributed by atoms with Crippen molar-refractivity contribution in [2.75, 3.05) is 19.7 Å². The molecule has 150 valence electrons. The second-order valence-corrected chi connectivity index (χ2v) is 8.79. The predicted molar refractivity (Wildman–Crippen MR) is 102 cm³/mol. The van der Waals surface area contributed by atoms with Crippen molar-refractivity contribution in [3.63, 3.8) is 0 Å². The van der Waals surface area contributed by atoms with Gasteiger partial charge in [0.2, 0.25) is 10.0 Å². The van der Waals surface area contributed by atoms with Gasteiger partial charge in [-0.1, -0.05) is 0 Å². The molecule has 2 heterocycles. The van der Waals surface area contributed by atoms with Crippen LogP contribution >= 0.6 is 0 Å². The molecule has 0 amide bonds. The second kappa shape index (κ2) is 7.89. The molecule has 8 heteroatoms. The largest absolute Gasteiger partial charge is 0.465 e. The van der Waals surface area contributed by atoms with Crippen LogP contribution in [0.4, 0.5) is 0 Å². The first-order chi connectivity index (χ1) is 13.2. The highest BCUT2D eigenvalue weighted by Gasteiger charge is 2.27. The van der Waals surface area contributed by atoms with Gasteiger partial charge in [0.05, 0.1) is 4.90 Å². The van der Waals surface area contributed by atoms with Crippen LogP contribution in [0.5, 0.6) is 0 Å². The maximum Gasteiger partial charge on any atom is 0.342 e. The lowest BCUT2D eigenvalue weighted by Crippen LogP contribution is -2.27. The number of sulfonamides is 1. The van der Waals surface area contributed by atoms with Crippen molar-refractivity contribution in [2.24, 2.45) is 0 Å². The number of rotatable bonds is 6. The molecule has 2 aromatic rings. The molecule has 0 unspecified atom stereocenters. The average Bonchev–Trinajstić information content (AvgIpc) is 3.29. The molecular weight excluding hydrogens is 382 g/mol. The monoisotopic (exact) mass is 405 g/mol. The topological polar surface area (TPSA) is 93.9 Å². The molecule has 3 rings (SSSR count). The van der Waals surface area contributed by atoms with Crippen LogP contribution in [0.25, 0.3) is 0 Å². The van der Waals surface area contributed by atoms with Gasteiger partial charge in [0.1, 0.15) is 17.1 Å². The van der Waals surface area contributed by atoms with Crippen LogP contribution in [0.2, 0.25) is 0 Å². The summed E-state index contributed by atoms with van der Waals surface area (Å²) < 4.78 is 37.0. The standard InChI is InChI=1S/C20H23NO6S/c1-13-14(2)27-15(3)19(13)20(23)26-12-18(22)16-6-8-17(9-7-16)28(24,25)21-10-4-5-11-21/h6-9H,4-5,10-12H2,1-3H3. The molecule has 0 bridgehead atoms. The van der Waals surface area contributed by atoms with E-state index in [0.717, 1.165) is 12.8 Å². The van der Waals surface area contributed by atoms with Gasteiger partial charge < -0.3 is 9.15 Å². The van der Waals surface area contributed by atoms with Crippen molar-refractivity contribution >= 4 is 21.8 Å². The van der Waals surface area contributed by atoms with Crippen LogP contribution in [-0.2, 0) is 14.8 Å². The first-order valence-electron chi connectivity index (χ1n) is 9.09. The molecule has 1 aromatic heterocycles. The number of carbonyl (C=O) groups is 2. The molecule has 28 heavy (non-hydrogen) atoms. The maximum atomic E-state index is 12.5. The summed E-state index contributed by atoms with van der Waals surface area (Å²) in [4.78, 5) is 24.7. The SMILES string of the molecule is Cc1oc(C)c(C(=O)OCC(=O)c2ccc(S(=O)(=O)N3CCCC3)cc2)c1C. The molecule has 0 atom stereocenters. The molecule has 1 aromatic carbocycles. The fourth-order valence-electron chi connectivity index (χ4n) is 3.27. The zero-order valence-corrected chi connectivity index (χ0v) is 17.0. The quantitative estimate of drug-likeness (QED) is 0.542. The highest BCUT2D eigenvalue weighted by Crippen LogP contribution is 2.23. The van der Waals surface area contributed by atoms with Crippen molar-refractivity contribution in [3.8, 4) is 0 Å². The molecule has 1 saturated heterocycles. The zero-order chi connectivity index (χ0) is 20.5. The van der Waals surface area contributed by atoms with E-state index in [1.807, 2.05) is 0 Å². The molecule has 0 spiro atoms. The number of aryl methyl sites for hydroxylation is 2. The van der Waals surface area contributed by atoms with Crippen molar-refractivity contribution in [2.45, 2.75) is 38.5 Å². The van der Waals surface area contributed by atoms with Crippen molar-refractivity contribution in [1.82, 2.24) is 4.31 Å². The number of esters is 1. The molecule has 0 aliphatic carbocycles. The Labute approximate surface area is 164 Å². The van der Waals surface area contributed by atoms with Crippen LogP contribution in [0.1, 0.15) is 50.6 Å². The number of ether oxygens (including phenoxy) is 1. The van der Waals surface area contributed by atoms with Gasteiger partial charge in [0.15, 0.2) is 12.4 Å². The predicted octanol–water partition coefficient (Wildman–Crippen LogP) is 3.03. The number of carbonyl (C=O) groups excluding carboxylic acids is 2. The average molecular weight is 405 g/mol. The number of hydrogen-bond acceptors (Lipinski definition) is 6. The molecule has 1 aliphatic rings. The maximum absolute atomic E-state index is 12.5. The van der Waals surface area contributed by atoms with Crippen LogP contribution in [0.3, 0.4) is 0 Å². The smallest absolute Gasteiger partial charge is 0.342 e. The summed E-state index contributed by atoms with van der Waals surface area (Å²) in [5.41, 5.74) is 1.30. The molecule has 7 nitrogen and oxygen atoms in total. The van der Waals surface area contributed by atoms with Gasteiger partial charge in [-0.2, -0.15) is 4.31 Å². The Morgan fingerprint density at radius 2 is 1.64 bits per heavy atom. The summed E-state index contributed by atoms with van der Waals surface area (Å²) in [5.74, 6) is 0.0527.